The molecule has 0 fully saturated rings. The third-order valence-corrected chi connectivity index (χ3v) is 2.94. The minimum Gasteiger partial charge on any atom is -0.0911 e. The molecule has 0 aromatic heterocycles. The Balaban J connectivity index is 2.39. The van der Waals surface area contributed by atoms with Crippen molar-refractivity contribution < 1.29 is 0 Å². The number of hydrogen-bond acceptors (Lipinski definition) is 0. The van der Waals surface area contributed by atoms with Gasteiger partial charge in [0.05, 0.1) is 0 Å². The van der Waals surface area contributed by atoms with Gasteiger partial charge in [0.25, 0.3) is 0 Å². The Morgan fingerprint density at radius 3 is 2.25 bits per heavy atom. The van der Waals surface area contributed by atoms with Gasteiger partial charge in [0, 0.05) is 0 Å². The highest BCUT2D eigenvalue weighted by atomic mass is 14.1. The molecular weight excluding hydrogens is 192 g/mol. The van der Waals surface area contributed by atoms with Crippen LogP contribution in [0.2, 0.25) is 0 Å². The van der Waals surface area contributed by atoms with Crippen LogP contribution >= 0.6 is 0 Å². The van der Waals surface area contributed by atoms with Gasteiger partial charge in [-0.05, 0) is 33.2 Å². The number of rotatable bonds is 1. The zero-order valence-corrected chi connectivity index (χ0v) is 8.98. The third-order valence-electron chi connectivity index (χ3n) is 2.94. The summed E-state index contributed by atoms with van der Waals surface area (Å²) in [6.45, 7) is 4.13. The first-order chi connectivity index (χ1) is 7.86. The fraction of sp³-hybridized carbons (Fsp3) is 0. The lowest BCUT2D eigenvalue weighted by molar-refractivity contribution is 1.51. The topological polar surface area (TPSA) is 0 Å². The van der Waals surface area contributed by atoms with Gasteiger partial charge in [-0.3, -0.25) is 0 Å². The maximum Gasteiger partial charge on any atom is -0.00386 e. The third kappa shape index (κ3) is 1.31. The van der Waals surface area contributed by atoms with E-state index in [1.165, 1.54) is 21.6 Å². The lowest BCUT2D eigenvalue weighted by Gasteiger charge is -2.03. The van der Waals surface area contributed by atoms with Crippen LogP contribution < -0.4 is 10.4 Å². The SMILES string of the molecule is C=C1C=c2ccccc2=C1c1ccccc1. The van der Waals surface area contributed by atoms with Crippen LogP contribution in [-0.4, -0.2) is 0 Å². The predicted octanol–water partition coefficient (Wildman–Crippen LogP) is 2.24. The van der Waals surface area contributed by atoms with E-state index in [-0.39, 0.29) is 0 Å². The Morgan fingerprint density at radius 2 is 1.44 bits per heavy atom. The Hall–Kier alpha value is -2.08. The average Bonchev–Trinajstić information content (AvgIpc) is 2.66. The van der Waals surface area contributed by atoms with Crippen molar-refractivity contribution in [2.75, 3.05) is 0 Å². The molecule has 3 rings (SSSR count). The maximum atomic E-state index is 4.13. The van der Waals surface area contributed by atoms with Crippen LogP contribution in [0.15, 0.2) is 66.7 Å². The molecule has 2 aromatic rings. The van der Waals surface area contributed by atoms with Crippen molar-refractivity contribution in [3.05, 3.63) is 82.8 Å². The quantitative estimate of drug-likeness (QED) is 0.668. The summed E-state index contributed by atoms with van der Waals surface area (Å²) in [7, 11) is 0. The molecule has 76 valence electrons. The molecule has 0 unspecified atom stereocenters. The molecule has 0 atom stereocenters. The molecule has 0 saturated heterocycles. The van der Waals surface area contributed by atoms with Crippen LogP contribution in [0.3, 0.4) is 0 Å². The van der Waals surface area contributed by atoms with Crippen LogP contribution in [0.1, 0.15) is 5.56 Å². The van der Waals surface area contributed by atoms with Crippen molar-refractivity contribution in [1.82, 2.24) is 0 Å². The standard InChI is InChI=1S/C16H12/c1-12-11-14-9-5-6-10-15(14)16(12)13-7-3-2-4-8-13/h2-11H,1H2. The normalized spacial score (nSPS) is 13.5. The summed E-state index contributed by atoms with van der Waals surface area (Å²) in [5, 5.41) is 2.56. The number of fused-ring (bicyclic) bond motifs is 1. The van der Waals surface area contributed by atoms with E-state index in [1.807, 2.05) is 6.07 Å². The summed E-state index contributed by atoms with van der Waals surface area (Å²) in [6.07, 6.45) is 2.15. The van der Waals surface area contributed by atoms with Gasteiger partial charge in [-0.25, -0.2) is 0 Å². The van der Waals surface area contributed by atoms with Crippen molar-refractivity contribution in [1.29, 1.82) is 0 Å². The van der Waals surface area contributed by atoms with Gasteiger partial charge in [0.15, 0.2) is 0 Å². The Bertz CT molecular complexity index is 661. The molecule has 2 aromatic carbocycles. The number of allylic oxidation sites excluding steroid dienone is 1. The van der Waals surface area contributed by atoms with Crippen molar-refractivity contribution in [3.8, 4) is 0 Å². The fourth-order valence-corrected chi connectivity index (χ4v) is 2.23. The summed E-state index contributed by atoms with van der Waals surface area (Å²) in [6, 6.07) is 18.9. The number of hydrogen-bond donors (Lipinski definition) is 0. The minimum atomic E-state index is 1.10. The molecule has 16 heavy (non-hydrogen) atoms. The van der Waals surface area contributed by atoms with E-state index in [4.69, 9.17) is 0 Å². The van der Waals surface area contributed by atoms with E-state index >= 15 is 0 Å². The zero-order valence-electron chi connectivity index (χ0n) is 8.98. The molecule has 0 bridgehead atoms. The molecule has 0 heterocycles. The fourth-order valence-electron chi connectivity index (χ4n) is 2.23. The lowest BCUT2D eigenvalue weighted by Crippen LogP contribution is -2.22. The first-order valence-electron chi connectivity index (χ1n) is 5.42. The van der Waals surface area contributed by atoms with E-state index in [0.29, 0.717) is 0 Å². The second-order valence-electron chi connectivity index (χ2n) is 4.00. The van der Waals surface area contributed by atoms with Gasteiger partial charge in [-0.1, -0.05) is 61.2 Å². The monoisotopic (exact) mass is 204 g/mol. The van der Waals surface area contributed by atoms with E-state index < -0.39 is 0 Å². The van der Waals surface area contributed by atoms with E-state index in [0.717, 1.165) is 5.57 Å². The van der Waals surface area contributed by atoms with Crippen LogP contribution in [-0.2, 0) is 0 Å². The Kier molecular flexibility index (Phi) is 2.00. The molecule has 0 aliphatic heterocycles. The molecule has 0 nitrogen and oxygen atoms in total. The summed E-state index contributed by atoms with van der Waals surface area (Å²) in [5.41, 5.74) is 3.61. The van der Waals surface area contributed by atoms with Crippen molar-refractivity contribution >= 4 is 11.6 Å². The van der Waals surface area contributed by atoms with Crippen molar-refractivity contribution in [2.45, 2.75) is 0 Å². The highest BCUT2D eigenvalue weighted by Crippen LogP contribution is 2.21. The summed E-state index contributed by atoms with van der Waals surface area (Å²) in [5.74, 6) is 0. The second kappa shape index (κ2) is 3.49. The summed E-state index contributed by atoms with van der Waals surface area (Å²) in [4.78, 5) is 0. The minimum absolute atomic E-state index is 1.10. The molecule has 0 amide bonds. The zero-order chi connectivity index (χ0) is 11.0. The van der Waals surface area contributed by atoms with Crippen LogP contribution in [0.25, 0.3) is 11.6 Å². The van der Waals surface area contributed by atoms with Crippen LogP contribution in [0.4, 0.5) is 0 Å². The predicted molar refractivity (Wildman–Crippen MR) is 68.2 cm³/mol. The Labute approximate surface area is 94.9 Å². The van der Waals surface area contributed by atoms with Gasteiger partial charge >= 0.3 is 0 Å². The molecule has 1 aliphatic rings. The summed E-state index contributed by atoms with van der Waals surface area (Å²) >= 11 is 0. The van der Waals surface area contributed by atoms with Gasteiger partial charge in [-0.2, -0.15) is 0 Å². The first kappa shape index (κ1) is 9.17. The molecule has 0 saturated carbocycles. The molecule has 1 aliphatic carbocycles. The van der Waals surface area contributed by atoms with E-state index in [1.54, 1.807) is 0 Å². The van der Waals surface area contributed by atoms with E-state index in [2.05, 4.69) is 61.2 Å². The van der Waals surface area contributed by atoms with Gasteiger partial charge < -0.3 is 0 Å². The lowest BCUT2D eigenvalue weighted by atomic mass is 10.0. The first-order valence-corrected chi connectivity index (χ1v) is 5.42. The molecule has 0 spiro atoms. The van der Waals surface area contributed by atoms with Crippen molar-refractivity contribution in [3.63, 3.8) is 0 Å². The highest BCUT2D eigenvalue weighted by molar-refractivity contribution is 5.89. The second-order valence-corrected chi connectivity index (χ2v) is 4.00. The largest absolute Gasteiger partial charge is 0.0911 e. The van der Waals surface area contributed by atoms with Crippen molar-refractivity contribution in [2.24, 2.45) is 0 Å². The van der Waals surface area contributed by atoms with Gasteiger partial charge in [-0.15, -0.1) is 0 Å². The summed E-state index contributed by atoms with van der Waals surface area (Å²) < 4.78 is 0. The van der Waals surface area contributed by atoms with Gasteiger partial charge in [0.1, 0.15) is 0 Å². The molecular formula is C16H12. The smallest absolute Gasteiger partial charge is 0.00386 e. The average molecular weight is 204 g/mol. The van der Waals surface area contributed by atoms with Crippen LogP contribution in [0.5, 0.6) is 0 Å². The van der Waals surface area contributed by atoms with Gasteiger partial charge in [0.2, 0.25) is 0 Å². The molecule has 0 heteroatoms. The molecule has 0 radical (unpaired) electrons. The molecule has 0 N–H and O–H groups in total. The highest BCUT2D eigenvalue weighted by Gasteiger charge is 2.10. The number of benzene rings is 2. The van der Waals surface area contributed by atoms with Crippen LogP contribution in [0, 0.1) is 0 Å². The van der Waals surface area contributed by atoms with E-state index in [9.17, 15) is 0 Å². The maximum absolute atomic E-state index is 4.13. The Morgan fingerprint density at radius 1 is 0.750 bits per heavy atom.